The summed E-state index contributed by atoms with van der Waals surface area (Å²) in [6.07, 6.45) is 1.06. The predicted octanol–water partition coefficient (Wildman–Crippen LogP) is 6.52. The molecule has 1 N–H and O–H groups in total. The van der Waals surface area contributed by atoms with E-state index in [4.69, 9.17) is 0 Å². The van der Waals surface area contributed by atoms with Crippen LogP contribution in [0.1, 0.15) is 23.6 Å². The van der Waals surface area contributed by atoms with E-state index >= 15 is 0 Å². The van der Waals surface area contributed by atoms with E-state index in [9.17, 15) is 0 Å². The number of para-hydroxylation sites is 1. The zero-order valence-corrected chi connectivity index (χ0v) is 14.5. The fraction of sp³-hybridized carbons (Fsp3) is 0.0909. The van der Waals surface area contributed by atoms with Gasteiger partial charge < -0.3 is 5.32 Å². The molecule has 3 aromatic rings. The summed E-state index contributed by atoms with van der Waals surface area (Å²) in [5.74, 6) is 0. The Bertz CT molecular complexity index is 910. The standard InChI is InChI=1S/C22H19NS/c1-3-16-8-10-17(11-9-16)15(2)18-12-13-22-20(14-18)23-19-6-4-5-7-21(19)24-22/h4-14,23H,2-3H2,1H3. The molecule has 118 valence electrons. The summed E-state index contributed by atoms with van der Waals surface area (Å²) in [6, 6.07) is 23.7. The van der Waals surface area contributed by atoms with Gasteiger partial charge in [-0.25, -0.2) is 0 Å². The van der Waals surface area contributed by atoms with E-state index < -0.39 is 0 Å². The van der Waals surface area contributed by atoms with Crippen LogP contribution in [0.25, 0.3) is 5.57 Å². The number of hydrogen-bond donors (Lipinski definition) is 1. The lowest BCUT2D eigenvalue weighted by atomic mass is 9.97. The van der Waals surface area contributed by atoms with Gasteiger partial charge in [-0.3, -0.25) is 0 Å². The second kappa shape index (κ2) is 6.21. The summed E-state index contributed by atoms with van der Waals surface area (Å²) < 4.78 is 0. The Morgan fingerprint density at radius 1 is 0.875 bits per heavy atom. The SMILES string of the molecule is C=C(c1ccc(CC)cc1)c1ccc2c(c1)Nc1ccccc1S2. The lowest BCUT2D eigenvalue weighted by Gasteiger charge is -2.21. The molecule has 4 rings (SSSR count). The predicted molar refractivity (Wildman–Crippen MR) is 104 cm³/mol. The van der Waals surface area contributed by atoms with Crippen LogP contribution in [0, 0.1) is 0 Å². The molecule has 3 aromatic carbocycles. The Kier molecular flexibility index (Phi) is 3.91. The average Bonchev–Trinajstić information content (AvgIpc) is 2.65. The number of rotatable bonds is 3. The Balaban J connectivity index is 1.65. The monoisotopic (exact) mass is 329 g/mol. The summed E-state index contributed by atoms with van der Waals surface area (Å²) in [7, 11) is 0. The van der Waals surface area contributed by atoms with Crippen molar-refractivity contribution in [3.8, 4) is 0 Å². The molecule has 0 unspecified atom stereocenters. The van der Waals surface area contributed by atoms with Gasteiger partial charge in [-0.15, -0.1) is 0 Å². The molecular formula is C22H19NS. The quantitative estimate of drug-likeness (QED) is 0.459. The smallest absolute Gasteiger partial charge is 0.0532 e. The van der Waals surface area contributed by atoms with Crippen molar-refractivity contribution in [3.63, 3.8) is 0 Å². The second-order valence-corrected chi connectivity index (χ2v) is 7.05. The van der Waals surface area contributed by atoms with Gasteiger partial charge in [-0.05, 0) is 52.9 Å². The highest BCUT2D eigenvalue weighted by Gasteiger charge is 2.16. The van der Waals surface area contributed by atoms with Gasteiger partial charge in [0.15, 0.2) is 0 Å². The first-order valence-electron chi connectivity index (χ1n) is 8.21. The third-order valence-corrected chi connectivity index (χ3v) is 5.57. The lowest BCUT2D eigenvalue weighted by Crippen LogP contribution is -2.00. The van der Waals surface area contributed by atoms with Crippen LogP contribution in [0.3, 0.4) is 0 Å². The van der Waals surface area contributed by atoms with E-state index in [-0.39, 0.29) is 0 Å². The van der Waals surface area contributed by atoms with Gasteiger partial charge in [0.25, 0.3) is 0 Å². The van der Waals surface area contributed by atoms with Crippen molar-refractivity contribution in [3.05, 3.63) is 90.0 Å². The van der Waals surface area contributed by atoms with Gasteiger partial charge in [0.2, 0.25) is 0 Å². The molecule has 0 saturated heterocycles. The van der Waals surface area contributed by atoms with Gasteiger partial charge in [-0.1, -0.05) is 67.7 Å². The van der Waals surface area contributed by atoms with Gasteiger partial charge in [0.05, 0.1) is 11.4 Å². The van der Waals surface area contributed by atoms with E-state index in [0.717, 1.165) is 23.2 Å². The highest BCUT2D eigenvalue weighted by molar-refractivity contribution is 7.99. The molecule has 1 aliphatic heterocycles. The van der Waals surface area contributed by atoms with Gasteiger partial charge in [-0.2, -0.15) is 0 Å². The highest BCUT2D eigenvalue weighted by Crippen LogP contribution is 2.44. The van der Waals surface area contributed by atoms with Crippen molar-refractivity contribution in [1.82, 2.24) is 0 Å². The molecular weight excluding hydrogens is 310 g/mol. The van der Waals surface area contributed by atoms with Gasteiger partial charge >= 0.3 is 0 Å². The van der Waals surface area contributed by atoms with Crippen molar-refractivity contribution in [1.29, 1.82) is 0 Å². The normalized spacial score (nSPS) is 12.0. The van der Waals surface area contributed by atoms with Crippen LogP contribution in [0.15, 0.2) is 83.1 Å². The van der Waals surface area contributed by atoms with E-state index in [1.54, 1.807) is 0 Å². The number of aryl methyl sites for hydroxylation is 1. The molecule has 0 spiro atoms. The van der Waals surface area contributed by atoms with Gasteiger partial charge in [0.1, 0.15) is 0 Å². The number of anilines is 2. The number of fused-ring (bicyclic) bond motifs is 2. The molecule has 0 saturated carbocycles. The molecule has 0 radical (unpaired) electrons. The topological polar surface area (TPSA) is 12.0 Å². The molecule has 0 fully saturated rings. The van der Waals surface area contributed by atoms with Crippen LogP contribution in [-0.2, 0) is 6.42 Å². The first-order chi connectivity index (χ1) is 11.7. The van der Waals surface area contributed by atoms with E-state index in [1.807, 2.05) is 11.8 Å². The van der Waals surface area contributed by atoms with Crippen LogP contribution >= 0.6 is 11.8 Å². The van der Waals surface area contributed by atoms with E-state index in [1.165, 1.54) is 26.6 Å². The van der Waals surface area contributed by atoms with Crippen LogP contribution in [0.2, 0.25) is 0 Å². The molecule has 2 heteroatoms. The van der Waals surface area contributed by atoms with E-state index in [2.05, 4.69) is 85.5 Å². The Morgan fingerprint density at radius 3 is 2.38 bits per heavy atom. The average molecular weight is 329 g/mol. The molecule has 0 amide bonds. The van der Waals surface area contributed by atoms with Crippen molar-refractivity contribution < 1.29 is 0 Å². The Hall–Kier alpha value is -2.45. The van der Waals surface area contributed by atoms with Gasteiger partial charge in [0, 0.05) is 9.79 Å². The lowest BCUT2D eigenvalue weighted by molar-refractivity contribution is 1.14. The first kappa shape index (κ1) is 15.1. The molecule has 0 aromatic heterocycles. The molecule has 1 heterocycles. The van der Waals surface area contributed by atoms with Crippen LogP contribution in [0.5, 0.6) is 0 Å². The van der Waals surface area contributed by atoms with Crippen molar-refractivity contribution in [2.24, 2.45) is 0 Å². The Morgan fingerprint density at radius 2 is 1.58 bits per heavy atom. The molecule has 0 atom stereocenters. The van der Waals surface area contributed by atoms with Crippen LogP contribution in [-0.4, -0.2) is 0 Å². The zero-order chi connectivity index (χ0) is 16.5. The molecule has 0 aliphatic carbocycles. The summed E-state index contributed by atoms with van der Waals surface area (Å²) in [4.78, 5) is 2.53. The molecule has 24 heavy (non-hydrogen) atoms. The second-order valence-electron chi connectivity index (χ2n) is 5.96. The van der Waals surface area contributed by atoms with Crippen LogP contribution < -0.4 is 5.32 Å². The maximum absolute atomic E-state index is 4.31. The fourth-order valence-corrected chi connectivity index (χ4v) is 3.90. The number of nitrogens with one attached hydrogen (secondary N) is 1. The maximum atomic E-state index is 4.31. The number of benzene rings is 3. The molecule has 1 aliphatic rings. The largest absolute Gasteiger partial charge is 0.354 e. The van der Waals surface area contributed by atoms with Crippen molar-refractivity contribution >= 4 is 28.7 Å². The van der Waals surface area contributed by atoms with E-state index in [0.29, 0.717) is 0 Å². The summed E-state index contributed by atoms with van der Waals surface area (Å²) in [5.41, 5.74) is 7.08. The number of hydrogen-bond acceptors (Lipinski definition) is 2. The molecule has 1 nitrogen and oxygen atoms in total. The zero-order valence-electron chi connectivity index (χ0n) is 13.7. The third kappa shape index (κ3) is 2.74. The fourth-order valence-electron chi connectivity index (χ4n) is 2.94. The van der Waals surface area contributed by atoms with Crippen molar-refractivity contribution in [2.75, 3.05) is 5.32 Å². The maximum Gasteiger partial charge on any atom is 0.0532 e. The summed E-state index contributed by atoms with van der Waals surface area (Å²) in [5, 5.41) is 3.54. The minimum Gasteiger partial charge on any atom is -0.354 e. The Labute approximate surface area is 147 Å². The minimum absolute atomic E-state index is 1.06. The first-order valence-corrected chi connectivity index (χ1v) is 9.03. The van der Waals surface area contributed by atoms with Crippen LogP contribution in [0.4, 0.5) is 11.4 Å². The highest BCUT2D eigenvalue weighted by atomic mass is 32.2. The van der Waals surface area contributed by atoms with Crippen molar-refractivity contribution in [2.45, 2.75) is 23.1 Å². The molecule has 0 bridgehead atoms. The third-order valence-electron chi connectivity index (χ3n) is 4.41. The summed E-state index contributed by atoms with van der Waals surface area (Å²) >= 11 is 1.81. The summed E-state index contributed by atoms with van der Waals surface area (Å²) in [6.45, 7) is 6.48. The minimum atomic E-state index is 1.06.